The van der Waals surface area contributed by atoms with Gasteiger partial charge in [0.05, 0.1) is 10.6 Å². The van der Waals surface area contributed by atoms with Crippen LogP contribution in [-0.4, -0.2) is 22.6 Å². The van der Waals surface area contributed by atoms with Crippen LogP contribution in [0.15, 0.2) is 42.6 Å². The minimum atomic E-state index is -1.03. The minimum Gasteiger partial charge on any atom is -0.478 e. The number of nitrogens with zero attached hydrogens (tertiary/aromatic N) is 2. The number of aromatic nitrogens is 1. The first kappa shape index (κ1) is 14.3. The molecule has 20 heavy (non-hydrogen) atoms. The molecule has 0 aliphatic carbocycles. The number of rotatable bonds is 5. The fourth-order valence-corrected chi connectivity index (χ4v) is 2.21. The van der Waals surface area contributed by atoms with Crippen LogP contribution in [0.4, 0.5) is 5.82 Å². The van der Waals surface area contributed by atoms with Crippen LogP contribution in [0, 0.1) is 0 Å². The fourth-order valence-electron chi connectivity index (χ4n) is 1.92. The molecule has 2 rings (SSSR count). The van der Waals surface area contributed by atoms with Gasteiger partial charge in [0.1, 0.15) is 5.82 Å². The maximum Gasteiger partial charge on any atom is 0.337 e. The van der Waals surface area contributed by atoms with E-state index in [0.29, 0.717) is 17.4 Å². The van der Waals surface area contributed by atoms with Crippen LogP contribution < -0.4 is 4.90 Å². The van der Waals surface area contributed by atoms with Crippen molar-refractivity contribution in [2.24, 2.45) is 0 Å². The number of halogens is 1. The molecule has 1 aromatic heterocycles. The predicted molar refractivity (Wildman–Crippen MR) is 79.4 cm³/mol. The first-order chi connectivity index (χ1) is 9.61. The number of aromatic carboxylic acids is 1. The Hall–Kier alpha value is -2.07. The number of anilines is 1. The lowest BCUT2D eigenvalue weighted by molar-refractivity contribution is 0.0696. The third-order valence-corrected chi connectivity index (χ3v) is 3.24. The van der Waals surface area contributed by atoms with E-state index in [0.717, 1.165) is 12.1 Å². The molecule has 0 amide bonds. The Balaban J connectivity index is 2.26. The van der Waals surface area contributed by atoms with Gasteiger partial charge in [-0.3, -0.25) is 0 Å². The second-order valence-corrected chi connectivity index (χ2v) is 4.74. The lowest BCUT2D eigenvalue weighted by Crippen LogP contribution is -2.23. The van der Waals surface area contributed by atoms with Crippen molar-refractivity contribution in [2.75, 3.05) is 11.4 Å². The second-order valence-electron chi connectivity index (χ2n) is 4.33. The smallest absolute Gasteiger partial charge is 0.337 e. The van der Waals surface area contributed by atoms with Crippen LogP contribution in [-0.2, 0) is 6.54 Å². The van der Waals surface area contributed by atoms with Crippen molar-refractivity contribution < 1.29 is 9.90 Å². The normalized spacial score (nSPS) is 10.3. The van der Waals surface area contributed by atoms with Gasteiger partial charge in [-0.25, -0.2) is 9.78 Å². The van der Waals surface area contributed by atoms with Gasteiger partial charge in [-0.2, -0.15) is 0 Å². The van der Waals surface area contributed by atoms with Gasteiger partial charge in [0, 0.05) is 19.3 Å². The van der Waals surface area contributed by atoms with Crippen LogP contribution in [0.2, 0.25) is 5.02 Å². The lowest BCUT2D eigenvalue weighted by atomic mass is 10.2. The predicted octanol–water partition coefficient (Wildman–Crippen LogP) is 3.46. The van der Waals surface area contributed by atoms with Gasteiger partial charge in [0.25, 0.3) is 0 Å². The number of carbonyl (C=O) groups is 1. The Labute approximate surface area is 122 Å². The Morgan fingerprint density at radius 2 is 2.05 bits per heavy atom. The van der Waals surface area contributed by atoms with Crippen molar-refractivity contribution >= 4 is 23.4 Å². The van der Waals surface area contributed by atoms with Crippen molar-refractivity contribution in [3.8, 4) is 0 Å². The van der Waals surface area contributed by atoms with E-state index in [2.05, 4.69) is 4.98 Å². The molecule has 0 unspecified atom stereocenters. The zero-order valence-corrected chi connectivity index (χ0v) is 11.8. The Bertz CT molecular complexity index is 602. The summed E-state index contributed by atoms with van der Waals surface area (Å²) in [4.78, 5) is 17.1. The Morgan fingerprint density at radius 1 is 1.35 bits per heavy atom. The average Bonchev–Trinajstić information content (AvgIpc) is 2.46. The molecule has 0 saturated heterocycles. The summed E-state index contributed by atoms with van der Waals surface area (Å²) >= 11 is 6.15. The number of hydrogen-bond donors (Lipinski definition) is 1. The highest BCUT2D eigenvalue weighted by Crippen LogP contribution is 2.25. The Kier molecular flexibility index (Phi) is 4.58. The van der Waals surface area contributed by atoms with E-state index < -0.39 is 5.97 Å². The highest BCUT2D eigenvalue weighted by atomic mass is 35.5. The molecule has 0 bridgehead atoms. The molecule has 0 fully saturated rings. The van der Waals surface area contributed by atoms with E-state index in [4.69, 9.17) is 16.7 Å². The summed E-state index contributed by atoms with van der Waals surface area (Å²) in [5.74, 6) is -0.430. The zero-order valence-electron chi connectivity index (χ0n) is 11.1. The van der Waals surface area contributed by atoms with E-state index >= 15 is 0 Å². The SMILES string of the molecule is CCN(Cc1ccccc1)c1ncc(C(=O)O)cc1Cl. The summed E-state index contributed by atoms with van der Waals surface area (Å²) in [6.45, 7) is 3.41. The Morgan fingerprint density at radius 3 is 2.60 bits per heavy atom. The van der Waals surface area contributed by atoms with Gasteiger partial charge < -0.3 is 10.0 Å². The molecule has 0 aliphatic heterocycles. The van der Waals surface area contributed by atoms with E-state index in [1.165, 1.54) is 12.3 Å². The van der Waals surface area contributed by atoms with Crippen LogP contribution in [0.5, 0.6) is 0 Å². The number of carboxylic acid groups (broad SMARTS) is 1. The molecule has 5 heteroatoms. The van der Waals surface area contributed by atoms with Gasteiger partial charge >= 0.3 is 5.97 Å². The number of benzene rings is 1. The third kappa shape index (κ3) is 3.27. The van der Waals surface area contributed by atoms with Crippen molar-refractivity contribution in [2.45, 2.75) is 13.5 Å². The summed E-state index contributed by atoms with van der Waals surface area (Å²) < 4.78 is 0. The van der Waals surface area contributed by atoms with Crippen LogP contribution in [0.3, 0.4) is 0 Å². The van der Waals surface area contributed by atoms with E-state index in [1.54, 1.807) is 0 Å². The average molecular weight is 291 g/mol. The van der Waals surface area contributed by atoms with Crippen molar-refractivity contribution in [1.29, 1.82) is 0 Å². The highest BCUT2D eigenvalue weighted by Gasteiger charge is 2.13. The van der Waals surface area contributed by atoms with Crippen molar-refractivity contribution in [1.82, 2.24) is 4.98 Å². The molecule has 4 nitrogen and oxygen atoms in total. The standard InChI is InChI=1S/C15H15ClN2O2/c1-2-18(10-11-6-4-3-5-7-11)14-13(16)8-12(9-17-14)15(19)20/h3-9H,2,10H2,1H3,(H,19,20). The fraction of sp³-hybridized carbons (Fsp3) is 0.200. The van der Waals surface area contributed by atoms with Crippen LogP contribution in [0.1, 0.15) is 22.8 Å². The summed E-state index contributed by atoms with van der Waals surface area (Å²) in [5, 5.41) is 9.27. The molecule has 0 atom stereocenters. The number of carboxylic acids is 1. The van der Waals surface area contributed by atoms with E-state index in [-0.39, 0.29) is 5.56 Å². The maximum atomic E-state index is 10.9. The van der Waals surface area contributed by atoms with Gasteiger partial charge in [-0.1, -0.05) is 41.9 Å². The van der Waals surface area contributed by atoms with E-state index in [9.17, 15) is 4.79 Å². The molecular weight excluding hydrogens is 276 g/mol. The molecule has 0 saturated carbocycles. The molecule has 1 aromatic carbocycles. The number of pyridine rings is 1. The maximum absolute atomic E-state index is 10.9. The first-order valence-electron chi connectivity index (χ1n) is 6.29. The molecule has 2 aromatic rings. The number of hydrogen-bond acceptors (Lipinski definition) is 3. The highest BCUT2D eigenvalue weighted by molar-refractivity contribution is 6.33. The summed E-state index contributed by atoms with van der Waals surface area (Å²) in [6.07, 6.45) is 1.33. The molecule has 1 heterocycles. The van der Waals surface area contributed by atoms with Gasteiger partial charge in [-0.15, -0.1) is 0 Å². The third-order valence-electron chi connectivity index (χ3n) is 2.97. The summed E-state index contributed by atoms with van der Waals surface area (Å²) in [6, 6.07) is 11.4. The largest absolute Gasteiger partial charge is 0.478 e. The topological polar surface area (TPSA) is 53.4 Å². The quantitative estimate of drug-likeness (QED) is 0.916. The van der Waals surface area contributed by atoms with Gasteiger partial charge in [0.15, 0.2) is 0 Å². The summed E-state index contributed by atoms with van der Waals surface area (Å²) in [7, 11) is 0. The molecule has 0 spiro atoms. The second kappa shape index (κ2) is 6.39. The lowest BCUT2D eigenvalue weighted by Gasteiger charge is -2.23. The molecule has 1 N–H and O–H groups in total. The van der Waals surface area contributed by atoms with Crippen molar-refractivity contribution in [3.05, 3.63) is 58.7 Å². The zero-order chi connectivity index (χ0) is 14.5. The monoisotopic (exact) mass is 290 g/mol. The van der Waals surface area contributed by atoms with E-state index in [1.807, 2.05) is 42.2 Å². The molecule has 104 valence electrons. The van der Waals surface area contributed by atoms with Crippen LogP contribution in [0.25, 0.3) is 0 Å². The van der Waals surface area contributed by atoms with Gasteiger partial charge in [-0.05, 0) is 18.6 Å². The molecule has 0 radical (unpaired) electrons. The molecular formula is C15H15ClN2O2. The first-order valence-corrected chi connectivity index (χ1v) is 6.67. The van der Waals surface area contributed by atoms with Crippen molar-refractivity contribution in [3.63, 3.8) is 0 Å². The molecule has 0 aliphatic rings. The summed E-state index contributed by atoms with van der Waals surface area (Å²) in [5.41, 5.74) is 1.24. The van der Waals surface area contributed by atoms with Gasteiger partial charge in [0.2, 0.25) is 0 Å². The minimum absolute atomic E-state index is 0.0921. The van der Waals surface area contributed by atoms with Crippen LogP contribution >= 0.6 is 11.6 Å².